The molecule has 4 rings (SSSR count). The summed E-state index contributed by atoms with van der Waals surface area (Å²) >= 11 is 0. The molecule has 4 aliphatic rings. The molecule has 3 aliphatic heterocycles. The van der Waals surface area contributed by atoms with Crippen LogP contribution in [0.1, 0.15) is 45.4 Å². The fraction of sp³-hybridized carbons (Fsp3) is 0.833. The van der Waals surface area contributed by atoms with E-state index in [1.54, 1.807) is 11.8 Å². The number of ether oxygens (including phenoxy) is 2. The third-order valence-electron chi connectivity index (χ3n) is 6.28. The van der Waals surface area contributed by atoms with Crippen molar-refractivity contribution in [1.29, 1.82) is 0 Å². The predicted molar refractivity (Wildman–Crippen MR) is 91.0 cm³/mol. The van der Waals surface area contributed by atoms with E-state index in [1.807, 2.05) is 0 Å². The van der Waals surface area contributed by atoms with E-state index in [0.717, 1.165) is 30.6 Å². The zero-order chi connectivity index (χ0) is 18.3. The summed E-state index contributed by atoms with van der Waals surface area (Å²) in [5.41, 5.74) is -0.768. The van der Waals surface area contributed by atoms with Gasteiger partial charge < -0.3 is 19.7 Å². The van der Waals surface area contributed by atoms with Gasteiger partial charge in [0.1, 0.15) is 11.6 Å². The lowest BCUT2D eigenvalue weighted by molar-refractivity contribution is -0.146. The molecule has 1 unspecified atom stereocenters. The Balaban J connectivity index is 1.37. The first kappa shape index (κ1) is 17.7. The van der Waals surface area contributed by atoms with Gasteiger partial charge >= 0.3 is 6.03 Å². The van der Waals surface area contributed by atoms with E-state index in [-0.39, 0.29) is 18.1 Å². The Labute approximate surface area is 153 Å². The molecule has 0 bridgehead atoms. The number of imide groups is 1. The van der Waals surface area contributed by atoms with Gasteiger partial charge in [0.2, 0.25) is 5.91 Å². The molecule has 1 N–H and O–H groups in total. The van der Waals surface area contributed by atoms with Crippen LogP contribution in [0.4, 0.5) is 4.79 Å². The van der Waals surface area contributed by atoms with Gasteiger partial charge in [0.25, 0.3) is 5.91 Å². The lowest BCUT2D eigenvalue weighted by Crippen LogP contribution is -2.53. The summed E-state index contributed by atoms with van der Waals surface area (Å²) in [7, 11) is 0. The first-order valence-corrected chi connectivity index (χ1v) is 9.70. The third kappa shape index (κ3) is 2.89. The molecule has 3 heterocycles. The van der Waals surface area contributed by atoms with Crippen molar-refractivity contribution >= 4 is 17.8 Å². The van der Waals surface area contributed by atoms with E-state index < -0.39 is 17.6 Å². The van der Waals surface area contributed by atoms with Crippen molar-refractivity contribution in [2.75, 3.05) is 26.3 Å². The van der Waals surface area contributed by atoms with E-state index in [4.69, 9.17) is 9.47 Å². The highest BCUT2D eigenvalue weighted by Crippen LogP contribution is 2.36. The molecule has 1 spiro atoms. The Kier molecular flexibility index (Phi) is 4.64. The summed E-state index contributed by atoms with van der Waals surface area (Å²) in [4.78, 5) is 41.0. The molecule has 26 heavy (non-hydrogen) atoms. The van der Waals surface area contributed by atoms with Crippen LogP contribution in [0.25, 0.3) is 0 Å². The molecule has 8 nitrogen and oxygen atoms in total. The van der Waals surface area contributed by atoms with Crippen molar-refractivity contribution in [2.24, 2.45) is 5.92 Å². The molecule has 0 aromatic carbocycles. The molecular formula is C18H27N3O5. The van der Waals surface area contributed by atoms with Crippen LogP contribution in [0.5, 0.6) is 0 Å². The van der Waals surface area contributed by atoms with Gasteiger partial charge in [0, 0.05) is 19.0 Å². The van der Waals surface area contributed by atoms with Crippen molar-refractivity contribution in [3.05, 3.63) is 0 Å². The molecule has 3 saturated heterocycles. The highest BCUT2D eigenvalue weighted by atomic mass is 16.7. The second-order valence-corrected chi connectivity index (χ2v) is 7.84. The highest BCUT2D eigenvalue weighted by molar-refractivity contribution is 6.09. The van der Waals surface area contributed by atoms with Crippen molar-refractivity contribution in [3.63, 3.8) is 0 Å². The smallest absolute Gasteiger partial charge is 0.325 e. The summed E-state index contributed by atoms with van der Waals surface area (Å²) in [6.07, 6.45) is 4.67. The molecular weight excluding hydrogens is 338 g/mol. The zero-order valence-electron chi connectivity index (χ0n) is 15.2. The Morgan fingerprint density at radius 2 is 1.77 bits per heavy atom. The zero-order valence-corrected chi connectivity index (χ0v) is 15.2. The van der Waals surface area contributed by atoms with E-state index in [0.29, 0.717) is 45.1 Å². The second kappa shape index (κ2) is 6.81. The fourth-order valence-electron chi connectivity index (χ4n) is 4.73. The van der Waals surface area contributed by atoms with Crippen molar-refractivity contribution in [3.8, 4) is 0 Å². The Bertz CT molecular complexity index is 590. The van der Waals surface area contributed by atoms with Crippen LogP contribution in [-0.2, 0) is 19.1 Å². The maximum atomic E-state index is 12.9. The molecule has 8 heteroatoms. The number of hydrogen-bond acceptors (Lipinski definition) is 5. The minimum Gasteiger partial charge on any atom is -0.350 e. The fourth-order valence-corrected chi connectivity index (χ4v) is 4.73. The van der Waals surface area contributed by atoms with Gasteiger partial charge in [-0.3, -0.25) is 9.59 Å². The maximum Gasteiger partial charge on any atom is 0.325 e. The Hall–Kier alpha value is -1.67. The lowest BCUT2D eigenvalue weighted by atomic mass is 9.95. The number of amides is 4. The molecule has 1 atom stereocenters. The van der Waals surface area contributed by atoms with Crippen LogP contribution in [0.15, 0.2) is 0 Å². The van der Waals surface area contributed by atoms with Crippen molar-refractivity contribution in [2.45, 2.75) is 63.3 Å². The normalized spacial score (nSPS) is 28.2. The van der Waals surface area contributed by atoms with Crippen LogP contribution in [0.3, 0.4) is 0 Å². The lowest BCUT2D eigenvalue weighted by Gasteiger charge is -2.36. The van der Waals surface area contributed by atoms with Crippen LogP contribution in [0.2, 0.25) is 0 Å². The number of carbonyl (C=O) groups is 3. The number of nitrogens with zero attached hydrogens (tertiary/aromatic N) is 2. The number of urea groups is 1. The summed E-state index contributed by atoms with van der Waals surface area (Å²) < 4.78 is 11.1. The predicted octanol–water partition coefficient (Wildman–Crippen LogP) is 0.851. The van der Waals surface area contributed by atoms with Crippen molar-refractivity contribution < 1.29 is 23.9 Å². The molecule has 1 saturated carbocycles. The summed E-state index contributed by atoms with van der Waals surface area (Å²) in [6.45, 7) is 4.13. The van der Waals surface area contributed by atoms with Crippen LogP contribution in [-0.4, -0.2) is 71.8 Å². The Morgan fingerprint density at radius 1 is 1.15 bits per heavy atom. The minimum absolute atomic E-state index is 0.155. The number of carbonyl (C=O) groups excluding carboxylic acids is 3. The number of nitrogens with one attached hydrogen (secondary N) is 1. The topological polar surface area (TPSA) is 88.2 Å². The standard InChI is InChI=1S/C18H27N3O5/c1-12(21-16(23)18(19-17(21)24)6-2-3-7-18)14(22)20-8-4-13(5-9-20)15-25-10-11-26-15/h12-13,15H,2-11H2,1H3,(H,19,24). The van der Waals surface area contributed by atoms with E-state index in [1.165, 1.54) is 0 Å². The first-order chi connectivity index (χ1) is 12.5. The molecule has 0 aromatic heterocycles. The summed E-state index contributed by atoms with van der Waals surface area (Å²) in [5.74, 6) is -0.0888. The van der Waals surface area contributed by atoms with Crippen LogP contribution in [0, 0.1) is 5.92 Å². The van der Waals surface area contributed by atoms with Crippen LogP contribution < -0.4 is 5.32 Å². The number of rotatable bonds is 3. The largest absolute Gasteiger partial charge is 0.350 e. The van der Waals surface area contributed by atoms with E-state index >= 15 is 0 Å². The third-order valence-corrected chi connectivity index (χ3v) is 6.28. The molecule has 144 valence electrons. The quantitative estimate of drug-likeness (QED) is 0.749. The summed E-state index contributed by atoms with van der Waals surface area (Å²) in [5, 5.41) is 2.85. The highest BCUT2D eigenvalue weighted by Gasteiger charge is 2.54. The van der Waals surface area contributed by atoms with Gasteiger partial charge in [-0.1, -0.05) is 12.8 Å². The average Bonchev–Trinajstić information content (AvgIpc) is 3.37. The minimum atomic E-state index is -0.768. The van der Waals surface area contributed by atoms with Gasteiger partial charge in [-0.25, -0.2) is 9.69 Å². The SMILES string of the molecule is CC(C(=O)N1CCC(C2OCCO2)CC1)N1C(=O)NC2(CCCC2)C1=O. The van der Waals surface area contributed by atoms with Gasteiger partial charge in [-0.15, -0.1) is 0 Å². The monoisotopic (exact) mass is 365 g/mol. The van der Waals surface area contributed by atoms with Gasteiger partial charge in [0.05, 0.1) is 13.2 Å². The molecule has 1 aliphatic carbocycles. The van der Waals surface area contributed by atoms with Gasteiger partial charge in [-0.2, -0.15) is 0 Å². The van der Waals surface area contributed by atoms with E-state index in [9.17, 15) is 14.4 Å². The van der Waals surface area contributed by atoms with Gasteiger partial charge in [-0.05, 0) is 32.6 Å². The molecule has 4 fully saturated rings. The number of piperidine rings is 1. The van der Waals surface area contributed by atoms with E-state index in [2.05, 4.69) is 5.32 Å². The summed E-state index contributed by atoms with van der Waals surface area (Å²) in [6, 6.07) is -1.20. The van der Waals surface area contributed by atoms with Crippen LogP contribution >= 0.6 is 0 Å². The Morgan fingerprint density at radius 3 is 2.38 bits per heavy atom. The molecule has 0 radical (unpaired) electrons. The second-order valence-electron chi connectivity index (χ2n) is 7.84. The van der Waals surface area contributed by atoms with Gasteiger partial charge in [0.15, 0.2) is 6.29 Å². The first-order valence-electron chi connectivity index (χ1n) is 9.70. The molecule has 4 amide bonds. The van der Waals surface area contributed by atoms with Crippen molar-refractivity contribution in [1.82, 2.24) is 15.1 Å². The molecule has 0 aromatic rings. The number of likely N-dealkylation sites (tertiary alicyclic amines) is 1. The maximum absolute atomic E-state index is 12.9. The average molecular weight is 365 g/mol. The number of hydrogen-bond donors (Lipinski definition) is 1.